The lowest BCUT2D eigenvalue weighted by Gasteiger charge is -2.22. The number of para-hydroxylation sites is 1. The predicted molar refractivity (Wildman–Crippen MR) is 131 cm³/mol. The van der Waals surface area contributed by atoms with Gasteiger partial charge in [0.2, 0.25) is 0 Å². The van der Waals surface area contributed by atoms with E-state index in [1.165, 1.54) is 0 Å². The van der Waals surface area contributed by atoms with Gasteiger partial charge in [-0.2, -0.15) is 5.26 Å². The first kappa shape index (κ1) is 22.1. The molecule has 1 aliphatic rings. The molecule has 3 amide bonds. The second-order valence-electron chi connectivity index (χ2n) is 8.72. The van der Waals surface area contributed by atoms with Gasteiger partial charge in [0, 0.05) is 18.0 Å². The van der Waals surface area contributed by atoms with E-state index >= 15 is 0 Å². The number of aromatic nitrogens is 1. The number of rotatable bonds is 5. The Morgan fingerprint density at radius 3 is 2.31 bits per heavy atom. The highest BCUT2D eigenvalue weighted by Gasteiger charge is 2.49. The van der Waals surface area contributed by atoms with Gasteiger partial charge in [0.15, 0.2) is 5.78 Å². The van der Waals surface area contributed by atoms with Gasteiger partial charge >= 0.3 is 6.03 Å². The Morgan fingerprint density at radius 1 is 0.971 bits per heavy atom. The topological polar surface area (TPSA) is 95.2 Å². The monoisotopic (exact) mass is 462 g/mol. The summed E-state index contributed by atoms with van der Waals surface area (Å²) in [7, 11) is 1.90. The molecule has 0 aliphatic carbocycles. The maximum absolute atomic E-state index is 13.7. The summed E-state index contributed by atoms with van der Waals surface area (Å²) in [5.41, 5.74) is 2.63. The molecular formula is C28H22N4O3. The Balaban J connectivity index is 1.53. The van der Waals surface area contributed by atoms with Gasteiger partial charge in [-0.05, 0) is 36.2 Å². The second-order valence-corrected chi connectivity index (χ2v) is 8.72. The molecule has 3 aromatic carbocycles. The Kier molecular flexibility index (Phi) is 5.22. The van der Waals surface area contributed by atoms with Crippen molar-refractivity contribution < 1.29 is 14.4 Å². The van der Waals surface area contributed by atoms with Crippen LogP contribution in [0.15, 0.2) is 78.9 Å². The summed E-state index contributed by atoms with van der Waals surface area (Å²) in [6.45, 7) is 1.22. The number of Topliss-reactive ketones (excluding diaryl/α,β-unsaturated/α-hetero) is 1. The first-order valence-electron chi connectivity index (χ1n) is 11.2. The van der Waals surface area contributed by atoms with E-state index < -0.39 is 17.5 Å². The van der Waals surface area contributed by atoms with Crippen LogP contribution in [-0.2, 0) is 17.4 Å². The number of aryl methyl sites for hydroxylation is 1. The highest BCUT2D eigenvalue weighted by Crippen LogP contribution is 2.35. The lowest BCUT2D eigenvalue weighted by Crippen LogP contribution is -2.41. The fraction of sp³-hybridized carbons (Fsp3) is 0.143. The molecule has 7 nitrogen and oxygen atoms in total. The smallest absolute Gasteiger partial charge is 0.325 e. The summed E-state index contributed by atoms with van der Waals surface area (Å²) < 4.78 is 1.96. The van der Waals surface area contributed by atoms with Crippen LogP contribution >= 0.6 is 0 Å². The molecule has 1 aromatic heterocycles. The lowest BCUT2D eigenvalue weighted by atomic mass is 9.91. The van der Waals surface area contributed by atoms with E-state index in [2.05, 4.69) is 5.32 Å². The SMILES string of the molecule is Cn1c(-c2ccccc2)c(C(=O)CN2C(=O)NC(C)(c3ccc(C#N)cc3)C2=O)c2ccccc21. The van der Waals surface area contributed by atoms with Gasteiger partial charge < -0.3 is 9.88 Å². The number of imide groups is 1. The first-order chi connectivity index (χ1) is 16.8. The summed E-state index contributed by atoms with van der Waals surface area (Å²) >= 11 is 0. The molecule has 5 rings (SSSR count). The van der Waals surface area contributed by atoms with Gasteiger partial charge in [-0.3, -0.25) is 14.5 Å². The van der Waals surface area contributed by atoms with E-state index in [1.807, 2.05) is 72.3 Å². The number of amides is 3. The number of hydrogen-bond acceptors (Lipinski definition) is 4. The van der Waals surface area contributed by atoms with Gasteiger partial charge in [-0.15, -0.1) is 0 Å². The van der Waals surface area contributed by atoms with Crippen LogP contribution in [0, 0.1) is 11.3 Å². The number of carbonyl (C=O) groups is 3. The summed E-state index contributed by atoms with van der Waals surface area (Å²) in [6, 6.07) is 25.0. The summed E-state index contributed by atoms with van der Waals surface area (Å²) in [5, 5.41) is 12.5. The van der Waals surface area contributed by atoms with E-state index in [1.54, 1.807) is 31.2 Å². The zero-order valence-corrected chi connectivity index (χ0v) is 19.3. The molecule has 0 spiro atoms. The maximum Gasteiger partial charge on any atom is 0.325 e. The van der Waals surface area contributed by atoms with Crippen LogP contribution < -0.4 is 5.32 Å². The molecule has 2 heterocycles. The number of carbonyl (C=O) groups excluding carboxylic acids is 3. The van der Waals surface area contributed by atoms with Gasteiger partial charge in [0.25, 0.3) is 5.91 Å². The number of benzene rings is 3. The molecule has 1 N–H and O–H groups in total. The number of fused-ring (bicyclic) bond motifs is 1. The fourth-order valence-electron chi connectivity index (χ4n) is 4.75. The van der Waals surface area contributed by atoms with Crippen LogP contribution in [0.4, 0.5) is 4.79 Å². The van der Waals surface area contributed by atoms with Crippen molar-refractivity contribution in [1.29, 1.82) is 5.26 Å². The number of nitrogens with zero attached hydrogens (tertiary/aromatic N) is 3. The molecule has 172 valence electrons. The average Bonchev–Trinajstić information content (AvgIpc) is 3.30. The van der Waals surface area contributed by atoms with Crippen molar-refractivity contribution in [3.05, 3.63) is 95.6 Å². The van der Waals surface area contributed by atoms with E-state index in [9.17, 15) is 14.4 Å². The maximum atomic E-state index is 13.7. The summed E-state index contributed by atoms with van der Waals surface area (Å²) in [4.78, 5) is 41.0. The molecule has 1 atom stereocenters. The molecule has 0 radical (unpaired) electrons. The Bertz CT molecular complexity index is 1530. The van der Waals surface area contributed by atoms with Crippen LogP contribution in [0.1, 0.15) is 28.4 Å². The lowest BCUT2D eigenvalue weighted by molar-refractivity contribution is -0.130. The third-order valence-electron chi connectivity index (χ3n) is 6.60. The minimum Gasteiger partial charge on any atom is -0.343 e. The van der Waals surface area contributed by atoms with Crippen molar-refractivity contribution in [2.75, 3.05) is 6.54 Å². The van der Waals surface area contributed by atoms with Crippen LogP contribution in [0.2, 0.25) is 0 Å². The summed E-state index contributed by atoms with van der Waals surface area (Å²) in [6.07, 6.45) is 0. The Hall–Kier alpha value is -4.70. The molecule has 1 fully saturated rings. The van der Waals surface area contributed by atoms with Gasteiger partial charge in [0.1, 0.15) is 5.54 Å². The molecular weight excluding hydrogens is 440 g/mol. The molecule has 1 unspecified atom stereocenters. The zero-order valence-electron chi connectivity index (χ0n) is 19.3. The molecule has 7 heteroatoms. The molecule has 0 saturated carbocycles. The molecule has 1 saturated heterocycles. The van der Waals surface area contributed by atoms with Gasteiger partial charge in [-0.1, -0.05) is 60.7 Å². The van der Waals surface area contributed by atoms with Crippen molar-refractivity contribution >= 4 is 28.6 Å². The highest BCUT2D eigenvalue weighted by atomic mass is 16.2. The van der Waals surface area contributed by atoms with Crippen molar-refractivity contribution in [1.82, 2.24) is 14.8 Å². The highest BCUT2D eigenvalue weighted by molar-refractivity contribution is 6.17. The number of nitrogens with one attached hydrogen (secondary N) is 1. The van der Waals surface area contributed by atoms with Gasteiger partial charge in [-0.25, -0.2) is 4.79 Å². The van der Waals surface area contributed by atoms with Crippen molar-refractivity contribution in [3.8, 4) is 17.3 Å². The van der Waals surface area contributed by atoms with E-state index in [0.717, 1.165) is 27.1 Å². The number of nitriles is 1. The molecule has 35 heavy (non-hydrogen) atoms. The van der Waals surface area contributed by atoms with E-state index in [4.69, 9.17) is 5.26 Å². The molecule has 0 bridgehead atoms. The predicted octanol–water partition coefficient (Wildman–Crippen LogP) is 4.37. The third kappa shape index (κ3) is 3.47. The largest absolute Gasteiger partial charge is 0.343 e. The van der Waals surface area contributed by atoms with Gasteiger partial charge in [0.05, 0.1) is 29.4 Å². The van der Waals surface area contributed by atoms with Crippen molar-refractivity contribution in [3.63, 3.8) is 0 Å². The fourth-order valence-corrected chi connectivity index (χ4v) is 4.75. The Morgan fingerprint density at radius 2 is 1.63 bits per heavy atom. The van der Waals surface area contributed by atoms with Crippen LogP contribution in [0.25, 0.3) is 22.2 Å². The zero-order chi connectivity index (χ0) is 24.7. The van der Waals surface area contributed by atoms with Crippen molar-refractivity contribution in [2.45, 2.75) is 12.5 Å². The third-order valence-corrected chi connectivity index (χ3v) is 6.60. The van der Waals surface area contributed by atoms with E-state index in [-0.39, 0.29) is 12.3 Å². The minimum absolute atomic E-state index is 0.326. The Labute approximate surface area is 202 Å². The molecule has 4 aromatic rings. The normalized spacial score (nSPS) is 17.5. The van der Waals surface area contributed by atoms with Crippen molar-refractivity contribution in [2.24, 2.45) is 7.05 Å². The summed E-state index contributed by atoms with van der Waals surface area (Å²) in [5.74, 6) is -0.838. The van der Waals surface area contributed by atoms with Crippen LogP contribution in [0.3, 0.4) is 0 Å². The molecule has 1 aliphatic heterocycles. The van der Waals surface area contributed by atoms with E-state index in [0.29, 0.717) is 16.7 Å². The number of ketones is 1. The minimum atomic E-state index is -1.33. The quantitative estimate of drug-likeness (QED) is 0.352. The van der Waals surface area contributed by atoms with Crippen LogP contribution in [-0.4, -0.2) is 33.7 Å². The average molecular weight is 463 g/mol. The number of hydrogen-bond donors (Lipinski definition) is 1. The standard InChI is InChI=1S/C28H22N4O3/c1-28(20-14-12-18(16-29)13-15-20)26(34)32(27(35)30-28)17-23(33)24-21-10-6-7-11-22(21)31(2)25(24)19-8-4-3-5-9-19/h3-15H,17H2,1-2H3,(H,30,35). The second kappa shape index (κ2) is 8.26. The number of urea groups is 1. The van der Waals surface area contributed by atoms with Crippen LogP contribution in [0.5, 0.6) is 0 Å². The first-order valence-corrected chi connectivity index (χ1v) is 11.2.